The van der Waals surface area contributed by atoms with Crippen molar-refractivity contribution in [1.82, 2.24) is 5.32 Å². The number of aliphatic hydroxyl groups is 1. The monoisotopic (exact) mass is 307 g/mol. The van der Waals surface area contributed by atoms with E-state index in [1.54, 1.807) is 30.3 Å². The Morgan fingerprint density at radius 3 is 2.36 bits per heavy atom. The minimum atomic E-state index is -1.74. The summed E-state index contributed by atoms with van der Waals surface area (Å²) in [6.07, 6.45) is 1.13. The lowest BCUT2D eigenvalue weighted by Crippen LogP contribution is -2.43. The van der Waals surface area contributed by atoms with E-state index in [1.807, 2.05) is 6.92 Å². The van der Waals surface area contributed by atoms with Crippen molar-refractivity contribution in [3.8, 4) is 0 Å². The van der Waals surface area contributed by atoms with Gasteiger partial charge in [-0.2, -0.15) is 0 Å². The molecule has 0 aromatic heterocycles. The predicted octanol–water partition coefficient (Wildman–Crippen LogP) is 2.23. The number of benzene rings is 1. The fraction of sp³-hybridized carbons (Fsp3) is 0.500. The SMILES string of the molecule is CC1(OC(=O)N[C@@H](c2ccccc2)[C@@H](O)C(=O)O)CCCC1. The lowest BCUT2D eigenvalue weighted by atomic mass is 10.0. The average molecular weight is 307 g/mol. The number of rotatable bonds is 5. The van der Waals surface area contributed by atoms with Crippen LogP contribution in [0.5, 0.6) is 0 Å². The Morgan fingerprint density at radius 2 is 1.82 bits per heavy atom. The first kappa shape index (κ1) is 16.3. The fourth-order valence-electron chi connectivity index (χ4n) is 2.75. The summed E-state index contributed by atoms with van der Waals surface area (Å²) in [5, 5.41) is 21.3. The van der Waals surface area contributed by atoms with Crippen LogP contribution in [0.1, 0.15) is 44.2 Å². The molecular formula is C16H21NO5. The highest BCUT2D eigenvalue weighted by atomic mass is 16.6. The number of amides is 1. The van der Waals surface area contributed by atoms with Crippen LogP contribution >= 0.6 is 0 Å². The second-order valence-electron chi connectivity index (χ2n) is 5.86. The first-order valence-corrected chi connectivity index (χ1v) is 7.37. The smallest absolute Gasteiger partial charge is 0.408 e. The van der Waals surface area contributed by atoms with Crippen molar-refractivity contribution >= 4 is 12.1 Å². The first-order chi connectivity index (χ1) is 10.4. The number of carbonyl (C=O) groups is 2. The van der Waals surface area contributed by atoms with Gasteiger partial charge in [0.1, 0.15) is 5.60 Å². The molecule has 6 heteroatoms. The highest BCUT2D eigenvalue weighted by Gasteiger charge is 2.35. The molecule has 2 atom stereocenters. The van der Waals surface area contributed by atoms with Gasteiger partial charge in [0.2, 0.25) is 0 Å². The van der Waals surface area contributed by atoms with Crippen LogP contribution in [0.3, 0.4) is 0 Å². The van der Waals surface area contributed by atoms with Crippen LogP contribution in [0.25, 0.3) is 0 Å². The van der Waals surface area contributed by atoms with Crippen molar-refractivity contribution in [1.29, 1.82) is 0 Å². The topological polar surface area (TPSA) is 95.9 Å². The Bertz CT molecular complexity index is 525. The van der Waals surface area contributed by atoms with Gasteiger partial charge in [0.15, 0.2) is 6.10 Å². The number of ether oxygens (including phenoxy) is 1. The molecule has 6 nitrogen and oxygen atoms in total. The number of alkyl carbamates (subject to hydrolysis) is 1. The summed E-state index contributed by atoms with van der Waals surface area (Å²) in [6, 6.07) is 7.43. The number of carbonyl (C=O) groups excluding carboxylic acids is 1. The molecule has 0 bridgehead atoms. The van der Waals surface area contributed by atoms with Gasteiger partial charge in [-0.05, 0) is 38.2 Å². The molecular weight excluding hydrogens is 286 g/mol. The maximum absolute atomic E-state index is 12.1. The molecule has 1 saturated carbocycles. The quantitative estimate of drug-likeness (QED) is 0.775. The molecule has 1 aliphatic rings. The second-order valence-corrected chi connectivity index (χ2v) is 5.86. The van der Waals surface area contributed by atoms with E-state index in [4.69, 9.17) is 9.84 Å². The van der Waals surface area contributed by atoms with Gasteiger partial charge in [0.05, 0.1) is 6.04 Å². The van der Waals surface area contributed by atoms with Crippen molar-refractivity contribution in [2.75, 3.05) is 0 Å². The molecule has 1 aromatic carbocycles. The van der Waals surface area contributed by atoms with E-state index in [0.29, 0.717) is 5.56 Å². The second kappa shape index (κ2) is 6.79. The molecule has 0 radical (unpaired) electrons. The minimum absolute atomic E-state index is 0.505. The standard InChI is InChI=1S/C16H21NO5/c1-16(9-5-6-10-16)22-15(21)17-12(13(18)14(19)20)11-7-3-2-4-8-11/h2-4,7-8,12-13,18H,5-6,9-10H2,1H3,(H,17,21)(H,19,20)/t12-,13+/m0/s1. The van der Waals surface area contributed by atoms with E-state index < -0.39 is 29.8 Å². The number of aliphatic carboxylic acids is 1. The molecule has 22 heavy (non-hydrogen) atoms. The Hall–Kier alpha value is -2.08. The molecule has 0 spiro atoms. The van der Waals surface area contributed by atoms with Crippen LogP contribution in [-0.4, -0.2) is 34.0 Å². The molecule has 0 aliphatic heterocycles. The molecule has 1 fully saturated rings. The van der Waals surface area contributed by atoms with E-state index in [0.717, 1.165) is 25.7 Å². The van der Waals surface area contributed by atoms with Crippen LogP contribution in [0.15, 0.2) is 30.3 Å². The summed E-state index contributed by atoms with van der Waals surface area (Å²) in [7, 11) is 0. The lowest BCUT2D eigenvalue weighted by Gasteiger charge is -2.27. The number of aliphatic hydroxyl groups excluding tert-OH is 1. The van der Waals surface area contributed by atoms with Gasteiger partial charge in [-0.15, -0.1) is 0 Å². The zero-order valence-corrected chi connectivity index (χ0v) is 12.5. The molecule has 120 valence electrons. The molecule has 0 saturated heterocycles. The zero-order valence-electron chi connectivity index (χ0n) is 12.5. The number of hydrogen-bond donors (Lipinski definition) is 3. The summed E-state index contributed by atoms with van der Waals surface area (Å²) in [6.45, 7) is 1.87. The largest absolute Gasteiger partial charge is 0.479 e. The van der Waals surface area contributed by atoms with Gasteiger partial charge in [-0.1, -0.05) is 30.3 Å². The molecule has 0 unspecified atom stereocenters. The van der Waals surface area contributed by atoms with Gasteiger partial charge < -0.3 is 20.3 Å². The maximum Gasteiger partial charge on any atom is 0.408 e. The fourth-order valence-corrected chi connectivity index (χ4v) is 2.75. The Balaban J connectivity index is 2.09. The highest BCUT2D eigenvalue weighted by molar-refractivity contribution is 5.75. The van der Waals surface area contributed by atoms with Crippen LogP contribution in [-0.2, 0) is 9.53 Å². The third-order valence-electron chi connectivity index (χ3n) is 4.00. The maximum atomic E-state index is 12.1. The van der Waals surface area contributed by atoms with E-state index in [9.17, 15) is 14.7 Å². The number of carboxylic acids is 1. The number of hydrogen-bond acceptors (Lipinski definition) is 4. The summed E-state index contributed by atoms with van der Waals surface area (Å²) in [5.41, 5.74) is -0.00890. The van der Waals surface area contributed by atoms with E-state index in [1.165, 1.54) is 0 Å². The van der Waals surface area contributed by atoms with Crippen LogP contribution < -0.4 is 5.32 Å². The average Bonchev–Trinajstić information content (AvgIpc) is 2.91. The molecule has 1 amide bonds. The third kappa shape index (κ3) is 3.98. The normalized spacial score (nSPS) is 19.2. The van der Waals surface area contributed by atoms with Crippen molar-refractivity contribution in [3.05, 3.63) is 35.9 Å². The summed E-state index contributed by atoms with van der Waals surface area (Å²) in [5.74, 6) is -1.40. The lowest BCUT2D eigenvalue weighted by molar-refractivity contribution is -0.148. The third-order valence-corrected chi connectivity index (χ3v) is 4.00. The first-order valence-electron chi connectivity index (χ1n) is 7.37. The Labute approximate surface area is 129 Å². The van der Waals surface area contributed by atoms with Crippen molar-refractivity contribution in [2.24, 2.45) is 0 Å². The zero-order chi connectivity index (χ0) is 16.2. The number of nitrogens with one attached hydrogen (secondary N) is 1. The summed E-state index contributed by atoms with van der Waals surface area (Å²) in [4.78, 5) is 23.1. The van der Waals surface area contributed by atoms with Gasteiger partial charge in [-0.3, -0.25) is 0 Å². The molecule has 0 heterocycles. The van der Waals surface area contributed by atoms with Crippen molar-refractivity contribution in [3.63, 3.8) is 0 Å². The van der Waals surface area contributed by atoms with Crippen molar-refractivity contribution < 1.29 is 24.5 Å². The van der Waals surface area contributed by atoms with E-state index in [-0.39, 0.29) is 0 Å². The molecule has 1 aromatic rings. The van der Waals surface area contributed by atoms with Gasteiger partial charge in [-0.25, -0.2) is 9.59 Å². The van der Waals surface area contributed by atoms with Crippen LogP contribution in [0, 0.1) is 0 Å². The Kier molecular flexibility index (Phi) is 5.03. The van der Waals surface area contributed by atoms with E-state index in [2.05, 4.69) is 5.32 Å². The molecule has 3 N–H and O–H groups in total. The summed E-state index contributed by atoms with van der Waals surface area (Å²) >= 11 is 0. The highest BCUT2D eigenvalue weighted by Crippen LogP contribution is 2.32. The van der Waals surface area contributed by atoms with Crippen molar-refractivity contribution in [2.45, 2.75) is 50.4 Å². The molecule has 1 aliphatic carbocycles. The Morgan fingerprint density at radius 1 is 1.23 bits per heavy atom. The van der Waals surface area contributed by atoms with Gasteiger partial charge >= 0.3 is 12.1 Å². The summed E-state index contributed by atoms with van der Waals surface area (Å²) < 4.78 is 5.43. The van der Waals surface area contributed by atoms with Gasteiger partial charge in [0.25, 0.3) is 0 Å². The van der Waals surface area contributed by atoms with E-state index >= 15 is 0 Å². The predicted molar refractivity (Wildman–Crippen MR) is 79.3 cm³/mol. The van der Waals surface area contributed by atoms with Gasteiger partial charge in [0, 0.05) is 0 Å². The molecule has 2 rings (SSSR count). The number of carboxylic acid groups (broad SMARTS) is 1. The van der Waals surface area contributed by atoms with Crippen LogP contribution in [0.4, 0.5) is 4.79 Å². The van der Waals surface area contributed by atoms with Crippen LogP contribution in [0.2, 0.25) is 0 Å². The minimum Gasteiger partial charge on any atom is -0.479 e.